The summed E-state index contributed by atoms with van der Waals surface area (Å²) in [6, 6.07) is 7.53. The van der Waals surface area contributed by atoms with Crippen LogP contribution in [0.25, 0.3) is 11.0 Å². The minimum absolute atomic E-state index is 0.0975. The summed E-state index contributed by atoms with van der Waals surface area (Å²) in [6.07, 6.45) is 6.32. The monoisotopic (exact) mass is 425 g/mol. The van der Waals surface area contributed by atoms with Crippen molar-refractivity contribution in [3.8, 4) is 0 Å². The Morgan fingerprint density at radius 3 is 2.71 bits per heavy atom. The molecule has 1 aromatic carbocycles. The van der Waals surface area contributed by atoms with Crippen LogP contribution in [0.3, 0.4) is 0 Å². The lowest BCUT2D eigenvalue weighted by Gasteiger charge is -2.21. The van der Waals surface area contributed by atoms with Crippen LogP contribution in [0, 0.1) is 0 Å². The van der Waals surface area contributed by atoms with Crippen molar-refractivity contribution in [1.29, 1.82) is 0 Å². The topological polar surface area (TPSA) is 82.9 Å². The van der Waals surface area contributed by atoms with E-state index >= 15 is 0 Å². The first-order valence-electron chi connectivity index (χ1n) is 11.3. The van der Waals surface area contributed by atoms with Gasteiger partial charge in [-0.15, -0.1) is 0 Å². The second-order valence-corrected chi connectivity index (χ2v) is 8.78. The van der Waals surface area contributed by atoms with E-state index in [1.165, 1.54) is 4.90 Å². The summed E-state index contributed by atoms with van der Waals surface area (Å²) in [5, 5.41) is 3.90. The molecule has 4 amide bonds. The molecule has 1 aromatic heterocycles. The quantitative estimate of drug-likeness (QED) is 0.649. The van der Waals surface area contributed by atoms with Gasteiger partial charge in [-0.05, 0) is 25.3 Å². The number of furan rings is 1. The average Bonchev–Trinajstić information content (AvgIpc) is 3.43. The first-order chi connectivity index (χ1) is 14.9. The molecule has 1 aliphatic heterocycles. The van der Waals surface area contributed by atoms with E-state index in [1.54, 1.807) is 11.9 Å². The van der Waals surface area contributed by atoms with Crippen LogP contribution in [0.2, 0.25) is 0 Å². The van der Waals surface area contributed by atoms with Gasteiger partial charge in [-0.3, -0.25) is 14.5 Å². The number of rotatable bonds is 8. The molecular weight excluding hydrogens is 394 g/mol. The van der Waals surface area contributed by atoms with Gasteiger partial charge in [0.1, 0.15) is 16.9 Å². The smallest absolute Gasteiger partial charge is 0.325 e. The third-order valence-electron chi connectivity index (χ3n) is 6.61. The fourth-order valence-corrected chi connectivity index (χ4v) is 4.78. The maximum Gasteiger partial charge on any atom is 0.325 e. The first-order valence-corrected chi connectivity index (χ1v) is 11.3. The van der Waals surface area contributed by atoms with E-state index in [0.717, 1.165) is 54.4 Å². The summed E-state index contributed by atoms with van der Waals surface area (Å²) in [5.41, 5.74) is 1.15. The number of urea groups is 1. The molecule has 1 saturated carbocycles. The Kier molecular flexibility index (Phi) is 6.03. The number of nitrogens with zero attached hydrogens (tertiary/aromatic N) is 2. The Hall–Kier alpha value is -2.83. The van der Waals surface area contributed by atoms with Gasteiger partial charge >= 0.3 is 6.03 Å². The molecule has 7 heteroatoms. The number of unbranched alkanes of at least 4 members (excludes halogenated alkanes) is 1. The molecule has 0 unspecified atom stereocenters. The lowest BCUT2D eigenvalue weighted by molar-refractivity contribution is -0.133. The molecule has 7 nitrogen and oxygen atoms in total. The predicted molar refractivity (Wildman–Crippen MR) is 117 cm³/mol. The molecule has 1 N–H and O–H groups in total. The van der Waals surface area contributed by atoms with Gasteiger partial charge in [0.15, 0.2) is 0 Å². The highest BCUT2D eigenvalue weighted by Gasteiger charge is 2.52. The molecule has 0 bridgehead atoms. The van der Waals surface area contributed by atoms with E-state index in [0.29, 0.717) is 19.4 Å². The molecule has 166 valence electrons. The van der Waals surface area contributed by atoms with E-state index in [2.05, 4.69) is 12.2 Å². The van der Waals surface area contributed by atoms with Crippen molar-refractivity contribution in [3.63, 3.8) is 0 Å². The molecule has 0 radical (unpaired) electrons. The lowest BCUT2D eigenvalue weighted by Crippen LogP contribution is -2.44. The van der Waals surface area contributed by atoms with Crippen LogP contribution in [-0.2, 0) is 22.6 Å². The number of para-hydroxylation sites is 1. The Labute approximate surface area is 182 Å². The zero-order valence-corrected chi connectivity index (χ0v) is 18.4. The number of carbonyl (C=O) groups is 3. The largest absolute Gasteiger partial charge is 0.461 e. The summed E-state index contributed by atoms with van der Waals surface area (Å²) in [7, 11) is 1.76. The fourth-order valence-electron chi connectivity index (χ4n) is 4.78. The van der Waals surface area contributed by atoms with Crippen molar-refractivity contribution >= 4 is 28.8 Å². The summed E-state index contributed by atoms with van der Waals surface area (Å²) >= 11 is 0. The Morgan fingerprint density at radius 2 is 1.97 bits per heavy atom. The van der Waals surface area contributed by atoms with Crippen molar-refractivity contribution in [3.05, 3.63) is 35.6 Å². The minimum Gasteiger partial charge on any atom is -0.461 e. The van der Waals surface area contributed by atoms with Gasteiger partial charge in [0.05, 0.1) is 0 Å². The molecular formula is C24H31N3O4. The molecule has 2 fully saturated rings. The molecule has 4 rings (SSSR count). The highest BCUT2D eigenvalue weighted by atomic mass is 16.3. The van der Waals surface area contributed by atoms with Gasteiger partial charge < -0.3 is 14.6 Å². The molecule has 2 heterocycles. The predicted octanol–water partition coefficient (Wildman–Crippen LogP) is 3.99. The molecule has 2 aromatic rings. The van der Waals surface area contributed by atoms with E-state index in [1.807, 2.05) is 24.3 Å². The molecule has 0 atom stereocenters. The summed E-state index contributed by atoms with van der Waals surface area (Å²) in [5.74, 6) is 0.660. The van der Waals surface area contributed by atoms with Crippen LogP contribution in [0.1, 0.15) is 63.2 Å². The molecule has 1 aliphatic carbocycles. The molecule has 1 spiro atoms. The van der Waals surface area contributed by atoms with Gasteiger partial charge in [0.2, 0.25) is 5.91 Å². The zero-order chi connectivity index (χ0) is 22.0. The van der Waals surface area contributed by atoms with Crippen molar-refractivity contribution in [1.82, 2.24) is 15.1 Å². The van der Waals surface area contributed by atoms with E-state index in [9.17, 15) is 14.4 Å². The fraction of sp³-hybridized carbons (Fsp3) is 0.542. The number of fused-ring (bicyclic) bond motifs is 1. The summed E-state index contributed by atoms with van der Waals surface area (Å²) < 4.78 is 6.06. The van der Waals surface area contributed by atoms with Crippen LogP contribution in [-0.4, -0.2) is 46.8 Å². The number of benzene rings is 1. The highest BCUT2D eigenvalue weighted by Crippen LogP contribution is 2.35. The van der Waals surface area contributed by atoms with E-state index in [-0.39, 0.29) is 30.8 Å². The van der Waals surface area contributed by atoms with Crippen molar-refractivity contribution in [2.24, 2.45) is 0 Å². The van der Waals surface area contributed by atoms with Crippen LogP contribution >= 0.6 is 0 Å². The minimum atomic E-state index is -0.726. The number of carbonyl (C=O) groups excluding carboxylic acids is 3. The third-order valence-corrected chi connectivity index (χ3v) is 6.61. The van der Waals surface area contributed by atoms with Gasteiger partial charge in [0, 0.05) is 43.9 Å². The number of hydrogen-bond donors (Lipinski definition) is 1. The second-order valence-electron chi connectivity index (χ2n) is 8.78. The maximum absolute atomic E-state index is 12.8. The number of imide groups is 1. The van der Waals surface area contributed by atoms with Gasteiger partial charge in [-0.2, -0.15) is 0 Å². The number of nitrogens with one attached hydrogen (secondary N) is 1. The van der Waals surface area contributed by atoms with Crippen LogP contribution < -0.4 is 5.32 Å². The van der Waals surface area contributed by atoms with Gasteiger partial charge in [-0.25, -0.2) is 4.79 Å². The third kappa shape index (κ3) is 4.05. The molecule has 1 saturated heterocycles. The van der Waals surface area contributed by atoms with Gasteiger partial charge in [-0.1, -0.05) is 44.4 Å². The molecule has 31 heavy (non-hydrogen) atoms. The summed E-state index contributed by atoms with van der Waals surface area (Å²) in [4.78, 5) is 40.8. The molecule has 2 aliphatic rings. The SMILES string of the molecule is CCCCc1oc2ccccc2c1CN(C)C(=O)CCN1C(=O)NC2(CCCC2)C1=O. The van der Waals surface area contributed by atoms with E-state index < -0.39 is 5.54 Å². The van der Waals surface area contributed by atoms with Gasteiger partial charge in [0.25, 0.3) is 5.91 Å². The number of hydrogen-bond acceptors (Lipinski definition) is 4. The standard InChI is InChI=1S/C24H31N3O4/c1-3-4-10-20-18(17-9-5-6-11-19(17)31-20)16-26(2)21(28)12-15-27-22(29)24(25-23(27)30)13-7-8-14-24/h5-6,9,11H,3-4,7-8,10,12-16H2,1-2H3,(H,25,30). The Morgan fingerprint density at radius 1 is 1.23 bits per heavy atom. The number of amides is 4. The Bertz CT molecular complexity index is 990. The highest BCUT2D eigenvalue weighted by molar-refractivity contribution is 6.07. The zero-order valence-electron chi connectivity index (χ0n) is 18.4. The van der Waals surface area contributed by atoms with Crippen molar-refractivity contribution in [2.75, 3.05) is 13.6 Å². The van der Waals surface area contributed by atoms with Crippen molar-refractivity contribution < 1.29 is 18.8 Å². The first kappa shape index (κ1) is 21.4. The van der Waals surface area contributed by atoms with Crippen molar-refractivity contribution in [2.45, 2.75) is 70.4 Å². The van der Waals surface area contributed by atoms with E-state index in [4.69, 9.17) is 4.42 Å². The van der Waals surface area contributed by atoms with Crippen LogP contribution in [0.5, 0.6) is 0 Å². The average molecular weight is 426 g/mol. The normalized spacial score (nSPS) is 17.7. The Balaban J connectivity index is 1.41. The van der Waals surface area contributed by atoms with Crippen LogP contribution in [0.4, 0.5) is 4.79 Å². The number of aryl methyl sites for hydroxylation is 1. The van der Waals surface area contributed by atoms with Crippen LogP contribution in [0.15, 0.2) is 28.7 Å². The maximum atomic E-state index is 12.8. The lowest BCUT2D eigenvalue weighted by atomic mass is 9.98. The summed E-state index contributed by atoms with van der Waals surface area (Å²) in [6.45, 7) is 2.70. The second kappa shape index (κ2) is 8.73.